The van der Waals surface area contributed by atoms with Crippen molar-refractivity contribution in [1.82, 2.24) is 4.90 Å². The van der Waals surface area contributed by atoms with Crippen LogP contribution in [0.3, 0.4) is 0 Å². The Balaban J connectivity index is 1.93. The summed E-state index contributed by atoms with van der Waals surface area (Å²) in [6.45, 7) is -0.139. The quantitative estimate of drug-likeness (QED) is 0.844. The van der Waals surface area contributed by atoms with Crippen LogP contribution in [0.25, 0.3) is 0 Å². The Morgan fingerprint density at radius 2 is 1.80 bits per heavy atom. The number of likely N-dealkylation sites (tertiary alicyclic amines) is 1. The number of amides is 1. The number of carbonyl (C=O) groups excluding carboxylic acids is 1. The molecule has 1 amide bonds. The molecule has 0 unspecified atom stereocenters. The fraction of sp³-hybridized carbons (Fsp3) is 0.308. The van der Waals surface area contributed by atoms with Crippen LogP contribution in [0.4, 0.5) is 4.79 Å². The normalized spacial score (nSPS) is 20.9. The van der Waals surface area contributed by atoms with E-state index in [2.05, 4.69) is 0 Å². The Morgan fingerprint density at radius 1 is 1.15 bits per heavy atom. The molecule has 1 saturated heterocycles. The van der Waals surface area contributed by atoms with Gasteiger partial charge < -0.3 is 14.9 Å². The zero-order valence-electron chi connectivity index (χ0n) is 10.4. The number of hydrogen-bond acceptors (Lipinski definition) is 4. The highest BCUT2D eigenvalue weighted by atomic mass is 16.6. The molecule has 0 saturated carbocycles. The van der Waals surface area contributed by atoms with E-state index in [1.165, 1.54) is 0 Å². The summed E-state index contributed by atoms with van der Waals surface area (Å²) in [6.07, 6.45) is -0.821. The maximum Gasteiger partial charge on any atom is 0.410 e. The van der Waals surface area contributed by atoms with Gasteiger partial charge in [-0.05, 0) is 5.56 Å². The first-order valence-electron chi connectivity index (χ1n) is 5.93. The van der Waals surface area contributed by atoms with Gasteiger partial charge in [-0.1, -0.05) is 30.3 Å². The molecular formula is C13H13NO6. The van der Waals surface area contributed by atoms with Gasteiger partial charge in [0.2, 0.25) is 0 Å². The van der Waals surface area contributed by atoms with Crippen molar-refractivity contribution in [3.05, 3.63) is 35.9 Å². The van der Waals surface area contributed by atoms with Gasteiger partial charge >= 0.3 is 18.0 Å². The summed E-state index contributed by atoms with van der Waals surface area (Å²) in [4.78, 5) is 34.4. The molecule has 0 bridgehead atoms. The molecule has 1 heterocycles. The molecule has 106 valence electrons. The lowest BCUT2D eigenvalue weighted by molar-refractivity contribution is -0.164. The minimum Gasteiger partial charge on any atom is -0.481 e. The van der Waals surface area contributed by atoms with E-state index in [1.807, 2.05) is 6.07 Å². The topological polar surface area (TPSA) is 104 Å². The summed E-state index contributed by atoms with van der Waals surface area (Å²) >= 11 is 0. The fourth-order valence-corrected chi connectivity index (χ4v) is 2.01. The number of aliphatic carboxylic acids is 2. The van der Waals surface area contributed by atoms with Gasteiger partial charge in [0.25, 0.3) is 0 Å². The first-order valence-corrected chi connectivity index (χ1v) is 5.93. The number of hydrogen-bond donors (Lipinski definition) is 2. The molecule has 1 aromatic rings. The van der Waals surface area contributed by atoms with E-state index in [0.717, 1.165) is 10.5 Å². The van der Waals surface area contributed by atoms with Crippen LogP contribution in [-0.4, -0.2) is 45.7 Å². The van der Waals surface area contributed by atoms with E-state index < -0.39 is 30.0 Å². The van der Waals surface area contributed by atoms with Gasteiger partial charge in [0, 0.05) is 6.54 Å². The number of carbonyl (C=O) groups is 3. The van der Waals surface area contributed by atoms with E-state index in [1.54, 1.807) is 24.3 Å². The van der Waals surface area contributed by atoms with Crippen LogP contribution < -0.4 is 0 Å². The van der Waals surface area contributed by atoms with Gasteiger partial charge in [-0.2, -0.15) is 0 Å². The maximum atomic E-state index is 11.7. The van der Waals surface area contributed by atoms with Crippen molar-refractivity contribution < 1.29 is 29.3 Å². The number of ether oxygens (including phenoxy) is 1. The summed E-state index contributed by atoms with van der Waals surface area (Å²) in [5, 5.41) is 17.8. The van der Waals surface area contributed by atoms with Crippen LogP contribution in [-0.2, 0) is 20.9 Å². The average molecular weight is 279 g/mol. The second-order valence-corrected chi connectivity index (χ2v) is 4.42. The Hall–Kier alpha value is -2.57. The first kappa shape index (κ1) is 13.9. The number of rotatable bonds is 4. The smallest absolute Gasteiger partial charge is 0.410 e. The lowest BCUT2D eigenvalue weighted by atomic mass is 9.89. The van der Waals surface area contributed by atoms with Crippen LogP contribution in [0.2, 0.25) is 0 Å². The number of carboxylic acids is 2. The predicted octanol–water partition coefficient (Wildman–Crippen LogP) is 0.793. The molecule has 7 heteroatoms. The van der Waals surface area contributed by atoms with Crippen molar-refractivity contribution in [2.75, 3.05) is 6.54 Å². The third-order valence-corrected chi connectivity index (χ3v) is 3.12. The van der Waals surface area contributed by atoms with Crippen molar-refractivity contribution in [3.8, 4) is 0 Å². The van der Waals surface area contributed by atoms with Crippen LogP contribution in [0.15, 0.2) is 30.3 Å². The SMILES string of the molecule is O=C(O)[C@H]1CN(C(=O)OCc2ccccc2)[C@H]1C(=O)O. The number of nitrogens with zero attached hydrogens (tertiary/aromatic N) is 1. The summed E-state index contributed by atoms with van der Waals surface area (Å²) in [6, 6.07) is 7.55. The second-order valence-electron chi connectivity index (χ2n) is 4.42. The molecule has 7 nitrogen and oxygen atoms in total. The van der Waals surface area contributed by atoms with Crippen molar-refractivity contribution in [2.24, 2.45) is 5.92 Å². The monoisotopic (exact) mass is 279 g/mol. The van der Waals surface area contributed by atoms with Gasteiger partial charge in [-0.15, -0.1) is 0 Å². The molecule has 1 aliphatic heterocycles. The number of carboxylic acid groups (broad SMARTS) is 2. The third kappa shape index (κ3) is 2.71. The molecule has 0 radical (unpaired) electrons. The van der Waals surface area contributed by atoms with E-state index in [9.17, 15) is 14.4 Å². The lowest BCUT2D eigenvalue weighted by Gasteiger charge is -2.41. The molecule has 0 aromatic heterocycles. The minimum absolute atomic E-state index is 0.0141. The third-order valence-electron chi connectivity index (χ3n) is 3.12. The second kappa shape index (κ2) is 5.60. The highest BCUT2D eigenvalue weighted by molar-refractivity contribution is 5.89. The number of benzene rings is 1. The lowest BCUT2D eigenvalue weighted by Crippen LogP contribution is -2.64. The average Bonchev–Trinajstić information content (AvgIpc) is 2.35. The Morgan fingerprint density at radius 3 is 2.35 bits per heavy atom. The molecule has 0 aliphatic carbocycles. The summed E-state index contributed by atoms with van der Waals surface area (Å²) in [5.41, 5.74) is 0.767. The highest BCUT2D eigenvalue weighted by Crippen LogP contribution is 2.26. The molecule has 1 aliphatic rings. The first-order chi connectivity index (χ1) is 9.50. The summed E-state index contributed by atoms with van der Waals surface area (Å²) < 4.78 is 4.97. The van der Waals surface area contributed by atoms with Crippen LogP contribution in [0.1, 0.15) is 5.56 Å². The van der Waals surface area contributed by atoms with Gasteiger partial charge in [0.1, 0.15) is 18.6 Å². The van der Waals surface area contributed by atoms with Gasteiger partial charge in [-0.25, -0.2) is 9.59 Å². The molecule has 2 rings (SSSR count). The van der Waals surface area contributed by atoms with Crippen LogP contribution >= 0.6 is 0 Å². The summed E-state index contributed by atoms with van der Waals surface area (Å²) in [5.74, 6) is -3.67. The van der Waals surface area contributed by atoms with Gasteiger partial charge in [-0.3, -0.25) is 9.69 Å². The molecule has 2 N–H and O–H groups in total. The maximum absolute atomic E-state index is 11.7. The van der Waals surface area contributed by atoms with Crippen molar-refractivity contribution in [1.29, 1.82) is 0 Å². The Bertz CT molecular complexity index is 529. The van der Waals surface area contributed by atoms with Crippen molar-refractivity contribution in [2.45, 2.75) is 12.6 Å². The van der Waals surface area contributed by atoms with E-state index in [4.69, 9.17) is 14.9 Å². The van der Waals surface area contributed by atoms with Gasteiger partial charge in [0.05, 0.1) is 0 Å². The minimum atomic E-state index is -1.37. The molecule has 1 aromatic carbocycles. The molecule has 20 heavy (non-hydrogen) atoms. The van der Waals surface area contributed by atoms with Crippen LogP contribution in [0.5, 0.6) is 0 Å². The molecule has 1 fully saturated rings. The van der Waals surface area contributed by atoms with Crippen LogP contribution in [0, 0.1) is 5.92 Å². The Kier molecular flexibility index (Phi) is 3.88. The molecule has 0 spiro atoms. The Labute approximate surface area is 114 Å². The fourth-order valence-electron chi connectivity index (χ4n) is 2.01. The zero-order chi connectivity index (χ0) is 14.7. The standard InChI is InChI=1S/C13H13NO6/c15-11(16)9-6-14(10(9)12(17)18)13(19)20-7-8-4-2-1-3-5-8/h1-5,9-10H,6-7H2,(H,15,16)(H,17,18)/t9-,10+/m0/s1. The van der Waals surface area contributed by atoms with E-state index in [-0.39, 0.29) is 13.2 Å². The zero-order valence-corrected chi connectivity index (χ0v) is 10.4. The van der Waals surface area contributed by atoms with E-state index in [0.29, 0.717) is 0 Å². The summed E-state index contributed by atoms with van der Waals surface area (Å²) in [7, 11) is 0. The van der Waals surface area contributed by atoms with Crippen molar-refractivity contribution in [3.63, 3.8) is 0 Å². The molecular weight excluding hydrogens is 266 g/mol. The van der Waals surface area contributed by atoms with Crippen molar-refractivity contribution >= 4 is 18.0 Å². The highest BCUT2D eigenvalue weighted by Gasteiger charge is 2.51. The van der Waals surface area contributed by atoms with Gasteiger partial charge in [0.15, 0.2) is 0 Å². The molecule has 2 atom stereocenters. The largest absolute Gasteiger partial charge is 0.481 e. The van der Waals surface area contributed by atoms with E-state index >= 15 is 0 Å². The predicted molar refractivity (Wildman–Crippen MR) is 65.9 cm³/mol.